The highest BCUT2D eigenvalue weighted by atomic mass is 16.6. The summed E-state index contributed by atoms with van der Waals surface area (Å²) in [7, 11) is 0. The second-order valence-electron chi connectivity index (χ2n) is 8.20. The molecule has 3 fully saturated rings. The maximum Gasteiger partial charge on any atom is 0.317 e. The molecule has 2 aliphatic heterocycles. The number of cyclic esters (lactones) is 2. The summed E-state index contributed by atoms with van der Waals surface area (Å²) in [5.41, 5.74) is 7.55. The Morgan fingerprint density at radius 3 is 1.56 bits per heavy atom. The third-order valence-corrected chi connectivity index (χ3v) is 5.91. The lowest BCUT2D eigenvalue weighted by atomic mass is 10.00. The van der Waals surface area contributed by atoms with Crippen molar-refractivity contribution in [2.75, 3.05) is 0 Å². The average Bonchev–Trinajstić information content (AvgIpc) is 3.55. The number of piperidine rings is 1. The normalized spacial score (nSPS) is 25.3. The third-order valence-electron chi connectivity index (χ3n) is 5.91. The number of carbonyl (C=O) groups excluding carboxylic acids is 4. The highest BCUT2D eigenvalue weighted by molar-refractivity contribution is 6.08. The smallest absolute Gasteiger partial charge is 0.317 e. The standard InChI is InChI=1S/C12H11NO2.C7H9N.C6H8O3/c14-11-9-6-10(9)12(15)13(11)7-8-4-2-1-3-5-8;8-6-7-4-2-1-3-5-7;1-3-4(2)6(8)9-5(3)7/h1-5,9-10H,6-7H2;1-5H,6,8H2;3-4H,1-2H3. The van der Waals surface area contributed by atoms with Gasteiger partial charge in [-0.2, -0.15) is 0 Å². The molecule has 1 saturated carbocycles. The molecule has 3 aliphatic rings. The van der Waals surface area contributed by atoms with E-state index < -0.39 is 11.9 Å². The van der Waals surface area contributed by atoms with Gasteiger partial charge >= 0.3 is 11.9 Å². The lowest BCUT2D eigenvalue weighted by Gasteiger charge is -2.15. The molecule has 5 rings (SSSR count). The lowest BCUT2D eigenvalue weighted by Crippen LogP contribution is -2.32. The van der Waals surface area contributed by atoms with Crippen LogP contribution in [0.3, 0.4) is 0 Å². The Hall–Kier alpha value is -3.32. The molecule has 168 valence electrons. The Balaban J connectivity index is 0.000000147. The molecule has 2 saturated heterocycles. The Kier molecular flexibility index (Phi) is 7.53. The molecule has 0 bridgehead atoms. The van der Waals surface area contributed by atoms with Gasteiger partial charge in [-0.1, -0.05) is 74.5 Å². The van der Waals surface area contributed by atoms with Crippen molar-refractivity contribution in [3.8, 4) is 0 Å². The van der Waals surface area contributed by atoms with Crippen LogP contribution in [0.1, 0.15) is 31.4 Å². The van der Waals surface area contributed by atoms with E-state index in [-0.39, 0.29) is 35.5 Å². The van der Waals surface area contributed by atoms with E-state index in [1.165, 1.54) is 10.5 Å². The number of fused-ring (bicyclic) bond motifs is 1. The predicted molar refractivity (Wildman–Crippen MR) is 117 cm³/mol. The van der Waals surface area contributed by atoms with Gasteiger partial charge in [-0.15, -0.1) is 0 Å². The number of esters is 2. The summed E-state index contributed by atoms with van der Waals surface area (Å²) < 4.78 is 4.31. The fourth-order valence-electron chi connectivity index (χ4n) is 3.48. The van der Waals surface area contributed by atoms with Crippen LogP contribution < -0.4 is 5.73 Å². The minimum absolute atomic E-state index is 0.0150. The molecule has 32 heavy (non-hydrogen) atoms. The van der Waals surface area contributed by atoms with Crippen LogP contribution in [0, 0.1) is 23.7 Å². The first-order chi connectivity index (χ1) is 15.3. The quantitative estimate of drug-likeness (QED) is 0.450. The second-order valence-corrected chi connectivity index (χ2v) is 8.20. The number of amides is 2. The van der Waals surface area contributed by atoms with Crippen molar-refractivity contribution in [2.24, 2.45) is 29.4 Å². The molecule has 0 aromatic heterocycles. The molecule has 7 nitrogen and oxygen atoms in total. The van der Waals surface area contributed by atoms with Gasteiger partial charge in [0.05, 0.1) is 30.2 Å². The van der Waals surface area contributed by atoms with E-state index in [0.29, 0.717) is 13.1 Å². The van der Waals surface area contributed by atoms with Gasteiger partial charge in [0.1, 0.15) is 0 Å². The molecule has 1 aliphatic carbocycles. The molecular weight excluding hydrogens is 408 g/mol. The summed E-state index contributed by atoms with van der Waals surface area (Å²) in [6, 6.07) is 19.6. The predicted octanol–water partition coefficient (Wildman–Crippen LogP) is 2.68. The Labute approximate surface area is 187 Å². The van der Waals surface area contributed by atoms with Crippen LogP contribution in [0.2, 0.25) is 0 Å². The Morgan fingerprint density at radius 1 is 0.781 bits per heavy atom. The zero-order valence-corrected chi connectivity index (χ0v) is 18.3. The van der Waals surface area contributed by atoms with Crippen LogP contribution in [0.5, 0.6) is 0 Å². The first-order valence-corrected chi connectivity index (χ1v) is 10.7. The van der Waals surface area contributed by atoms with Crippen molar-refractivity contribution < 1.29 is 23.9 Å². The Bertz CT molecular complexity index is 938. The summed E-state index contributed by atoms with van der Waals surface area (Å²) in [6.45, 7) is 4.46. The summed E-state index contributed by atoms with van der Waals surface area (Å²) in [5.74, 6) is -1.22. The third kappa shape index (κ3) is 5.48. The number of hydrogen-bond acceptors (Lipinski definition) is 6. The summed E-state index contributed by atoms with van der Waals surface area (Å²) in [6.07, 6.45) is 0.781. The molecule has 2 aromatic rings. The number of ether oxygens (including phenoxy) is 1. The Morgan fingerprint density at radius 2 is 1.22 bits per heavy atom. The van der Waals surface area contributed by atoms with Gasteiger partial charge in [0, 0.05) is 6.54 Å². The first kappa shape index (κ1) is 23.3. The van der Waals surface area contributed by atoms with Crippen molar-refractivity contribution in [3.63, 3.8) is 0 Å². The van der Waals surface area contributed by atoms with Crippen molar-refractivity contribution in [2.45, 2.75) is 33.4 Å². The van der Waals surface area contributed by atoms with E-state index in [1.54, 1.807) is 13.8 Å². The van der Waals surface area contributed by atoms with Gasteiger partial charge in [-0.3, -0.25) is 24.1 Å². The van der Waals surface area contributed by atoms with Crippen molar-refractivity contribution in [3.05, 3.63) is 71.8 Å². The average molecular weight is 437 g/mol. The molecule has 2 heterocycles. The van der Waals surface area contributed by atoms with E-state index in [9.17, 15) is 19.2 Å². The molecule has 0 spiro atoms. The number of carbonyl (C=O) groups is 4. The highest BCUT2D eigenvalue weighted by Crippen LogP contribution is 2.47. The molecule has 2 aromatic carbocycles. The van der Waals surface area contributed by atoms with Gasteiger partial charge in [0.2, 0.25) is 11.8 Å². The monoisotopic (exact) mass is 436 g/mol. The number of nitrogens with two attached hydrogens (primary N) is 1. The number of imide groups is 1. The highest BCUT2D eigenvalue weighted by Gasteiger charge is 2.58. The number of benzene rings is 2. The summed E-state index contributed by atoms with van der Waals surface area (Å²) >= 11 is 0. The van der Waals surface area contributed by atoms with Gasteiger partial charge in [-0.05, 0) is 17.5 Å². The molecule has 0 radical (unpaired) electrons. The van der Waals surface area contributed by atoms with Crippen LogP contribution in [0.4, 0.5) is 0 Å². The van der Waals surface area contributed by atoms with E-state index in [2.05, 4.69) is 4.74 Å². The van der Waals surface area contributed by atoms with Gasteiger partial charge in [0.25, 0.3) is 0 Å². The zero-order valence-electron chi connectivity index (χ0n) is 18.3. The van der Waals surface area contributed by atoms with Crippen molar-refractivity contribution in [1.82, 2.24) is 4.90 Å². The van der Waals surface area contributed by atoms with Crippen LogP contribution in [0.25, 0.3) is 0 Å². The van der Waals surface area contributed by atoms with Gasteiger partial charge < -0.3 is 10.5 Å². The SMILES string of the molecule is CC1C(=O)OC(=O)C1C.NCc1ccccc1.O=C1C2CC2C(=O)N1Cc1ccccc1. The van der Waals surface area contributed by atoms with E-state index in [0.717, 1.165) is 12.0 Å². The summed E-state index contributed by atoms with van der Waals surface area (Å²) in [5, 5.41) is 0. The zero-order chi connectivity index (χ0) is 23.3. The molecule has 4 atom stereocenters. The fourth-order valence-corrected chi connectivity index (χ4v) is 3.48. The molecule has 4 unspecified atom stereocenters. The van der Waals surface area contributed by atoms with E-state index in [1.807, 2.05) is 60.7 Å². The first-order valence-electron chi connectivity index (χ1n) is 10.7. The largest absolute Gasteiger partial charge is 0.393 e. The van der Waals surface area contributed by atoms with E-state index in [4.69, 9.17) is 5.73 Å². The van der Waals surface area contributed by atoms with Crippen LogP contribution >= 0.6 is 0 Å². The van der Waals surface area contributed by atoms with Gasteiger partial charge in [0.15, 0.2) is 0 Å². The number of likely N-dealkylation sites (tertiary alicyclic amines) is 1. The number of nitrogens with zero attached hydrogens (tertiary/aromatic N) is 1. The molecule has 2 amide bonds. The molecule has 7 heteroatoms. The topological polar surface area (TPSA) is 107 Å². The van der Waals surface area contributed by atoms with Crippen molar-refractivity contribution in [1.29, 1.82) is 0 Å². The number of hydrogen-bond donors (Lipinski definition) is 1. The lowest BCUT2D eigenvalue weighted by molar-refractivity contribution is -0.153. The van der Waals surface area contributed by atoms with Gasteiger partial charge in [-0.25, -0.2) is 0 Å². The molecular formula is C25H28N2O5. The minimum Gasteiger partial charge on any atom is -0.393 e. The van der Waals surface area contributed by atoms with Crippen LogP contribution in [-0.4, -0.2) is 28.7 Å². The van der Waals surface area contributed by atoms with Crippen LogP contribution in [0.15, 0.2) is 60.7 Å². The van der Waals surface area contributed by atoms with E-state index >= 15 is 0 Å². The second kappa shape index (κ2) is 10.3. The van der Waals surface area contributed by atoms with Crippen molar-refractivity contribution >= 4 is 23.8 Å². The number of rotatable bonds is 3. The maximum absolute atomic E-state index is 11.7. The fraction of sp³-hybridized carbons (Fsp3) is 0.360. The van der Waals surface area contributed by atoms with Crippen LogP contribution in [-0.2, 0) is 37.0 Å². The molecule has 2 N–H and O–H groups in total. The maximum atomic E-state index is 11.7. The summed E-state index contributed by atoms with van der Waals surface area (Å²) in [4.78, 5) is 45.8. The minimum atomic E-state index is -0.396.